The maximum Gasteiger partial charge on any atom is 0.128 e. The van der Waals surface area contributed by atoms with Gasteiger partial charge in [0.2, 0.25) is 0 Å². The van der Waals surface area contributed by atoms with Crippen LogP contribution in [0.4, 0.5) is 10.1 Å². The summed E-state index contributed by atoms with van der Waals surface area (Å²) in [5.41, 5.74) is 7.79. The van der Waals surface area contributed by atoms with Gasteiger partial charge in [-0.3, -0.25) is 0 Å². The van der Waals surface area contributed by atoms with Crippen molar-refractivity contribution in [1.82, 2.24) is 0 Å². The van der Waals surface area contributed by atoms with E-state index in [1.165, 1.54) is 6.07 Å². The van der Waals surface area contributed by atoms with E-state index in [4.69, 9.17) is 18.0 Å². The minimum atomic E-state index is -0.234. The summed E-state index contributed by atoms with van der Waals surface area (Å²) in [6.45, 7) is 0.374. The molecule has 0 unspecified atom stereocenters. The molecule has 0 atom stereocenters. The summed E-state index contributed by atoms with van der Waals surface area (Å²) in [7, 11) is 0. The Hall–Kier alpha value is -1.46. The first-order chi connectivity index (χ1) is 9.08. The second kappa shape index (κ2) is 6.12. The number of rotatable bonds is 4. The zero-order valence-electron chi connectivity index (χ0n) is 9.99. The highest BCUT2D eigenvalue weighted by molar-refractivity contribution is 9.10. The van der Waals surface area contributed by atoms with Gasteiger partial charge < -0.3 is 11.1 Å². The van der Waals surface area contributed by atoms with Crippen LogP contribution in [0.3, 0.4) is 0 Å². The van der Waals surface area contributed by atoms with Crippen molar-refractivity contribution in [3.63, 3.8) is 0 Å². The van der Waals surface area contributed by atoms with Gasteiger partial charge in [0.25, 0.3) is 0 Å². The van der Waals surface area contributed by atoms with E-state index in [2.05, 4.69) is 21.2 Å². The number of halogens is 2. The van der Waals surface area contributed by atoms with Gasteiger partial charge in [-0.2, -0.15) is 0 Å². The molecular formula is C14H12BrFN2S. The van der Waals surface area contributed by atoms with Crippen molar-refractivity contribution < 1.29 is 4.39 Å². The molecule has 0 spiro atoms. The van der Waals surface area contributed by atoms with Crippen LogP contribution in [0.15, 0.2) is 46.9 Å². The van der Waals surface area contributed by atoms with E-state index in [9.17, 15) is 4.39 Å². The van der Waals surface area contributed by atoms with Gasteiger partial charge in [0, 0.05) is 27.8 Å². The zero-order chi connectivity index (χ0) is 13.8. The molecule has 0 aliphatic heterocycles. The number of hydrogen-bond donors (Lipinski definition) is 2. The third kappa shape index (κ3) is 3.52. The number of benzene rings is 2. The Morgan fingerprint density at radius 2 is 2.00 bits per heavy atom. The van der Waals surface area contributed by atoms with Crippen molar-refractivity contribution in [1.29, 1.82) is 0 Å². The third-order valence-corrected chi connectivity index (χ3v) is 3.39. The van der Waals surface area contributed by atoms with Crippen LogP contribution in [-0.2, 0) is 6.54 Å². The lowest BCUT2D eigenvalue weighted by Gasteiger charge is -2.12. The molecule has 2 nitrogen and oxygen atoms in total. The first-order valence-corrected chi connectivity index (χ1v) is 6.84. The molecular weight excluding hydrogens is 327 g/mol. The fourth-order valence-electron chi connectivity index (χ4n) is 1.71. The number of thiocarbonyl (C=S) groups is 1. The maximum absolute atomic E-state index is 13.5. The Morgan fingerprint density at radius 1 is 1.26 bits per heavy atom. The Bertz CT molecular complexity index is 616. The van der Waals surface area contributed by atoms with Gasteiger partial charge in [-0.05, 0) is 24.3 Å². The lowest BCUT2D eigenvalue weighted by atomic mass is 10.1. The van der Waals surface area contributed by atoms with Crippen LogP contribution < -0.4 is 11.1 Å². The van der Waals surface area contributed by atoms with Crippen LogP contribution in [0.25, 0.3) is 0 Å². The molecule has 98 valence electrons. The van der Waals surface area contributed by atoms with Crippen LogP contribution in [0, 0.1) is 5.82 Å². The van der Waals surface area contributed by atoms with Crippen molar-refractivity contribution in [2.45, 2.75) is 6.54 Å². The molecule has 0 fully saturated rings. The molecule has 0 aromatic heterocycles. The van der Waals surface area contributed by atoms with Crippen molar-refractivity contribution in [3.05, 3.63) is 63.9 Å². The number of nitrogens with two attached hydrogens (primary N) is 1. The molecule has 0 aliphatic rings. The molecule has 0 saturated carbocycles. The molecule has 0 amide bonds. The number of anilines is 1. The third-order valence-electron chi connectivity index (χ3n) is 2.67. The predicted octanol–water partition coefficient (Wildman–Crippen LogP) is 3.83. The van der Waals surface area contributed by atoms with E-state index < -0.39 is 0 Å². The molecule has 0 heterocycles. The SMILES string of the molecule is NC(=S)c1ccc(Br)cc1NCc1ccccc1F. The smallest absolute Gasteiger partial charge is 0.128 e. The van der Waals surface area contributed by atoms with Gasteiger partial charge >= 0.3 is 0 Å². The molecule has 2 aromatic rings. The Kier molecular flexibility index (Phi) is 4.50. The summed E-state index contributed by atoms with van der Waals surface area (Å²) in [6.07, 6.45) is 0. The highest BCUT2D eigenvalue weighted by Crippen LogP contribution is 2.22. The van der Waals surface area contributed by atoms with E-state index in [-0.39, 0.29) is 5.82 Å². The van der Waals surface area contributed by atoms with Crippen LogP contribution in [-0.4, -0.2) is 4.99 Å². The van der Waals surface area contributed by atoms with Gasteiger partial charge in [-0.15, -0.1) is 0 Å². The molecule has 2 aromatic carbocycles. The van der Waals surface area contributed by atoms with Crippen LogP contribution in [0.2, 0.25) is 0 Å². The second-order valence-corrected chi connectivity index (χ2v) is 5.35. The largest absolute Gasteiger partial charge is 0.389 e. The van der Waals surface area contributed by atoms with E-state index in [0.717, 1.165) is 15.7 Å². The lowest BCUT2D eigenvalue weighted by Crippen LogP contribution is -2.13. The normalized spacial score (nSPS) is 10.2. The Morgan fingerprint density at radius 3 is 2.68 bits per heavy atom. The molecule has 5 heteroatoms. The number of hydrogen-bond acceptors (Lipinski definition) is 2. The zero-order valence-corrected chi connectivity index (χ0v) is 12.4. The monoisotopic (exact) mass is 338 g/mol. The molecule has 3 N–H and O–H groups in total. The summed E-state index contributed by atoms with van der Waals surface area (Å²) in [5, 5.41) is 3.16. The molecule has 0 saturated heterocycles. The van der Waals surface area contributed by atoms with Crippen LogP contribution in [0.1, 0.15) is 11.1 Å². The average molecular weight is 339 g/mol. The summed E-state index contributed by atoms with van der Waals surface area (Å²) in [6, 6.07) is 12.2. The summed E-state index contributed by atoms with van der Waals surface area (Å²) in [4.78, 5) is 0.309. The van der Waals surface area contributed by atoms with Gasteiger partial charge in [0.05, 0.1) is 0 Å². The van der Waals surface area contributed by atoms with Crippen LogP contribution in [0.5, 0.6) is 0 Å². The average Bonchev–Trinajstić information content (AvgIpc) is 2.37. The van der Waals surface area contributed by atoms with Crippen molar-refractivity contribution >= 4 is 38.8 Å². The predicted molar refractivity (Wildman–Crippen MR) is 83.8 cm³/mol. The topological polar surface area (TPSA) is 38.0 Å². The molecule has 0 aliphatic carbocycles. The maximum atomic E-state index is 13.5. The minimum absolute atomic E-state index is 0.234. The Balaban J connectivity index is 2.22. The van der Waals surface area contributed by atoms with Gasteiger partial charge in [0.1, 0.15) is 10.8 Å². The van der Waals surface area contributed by atoms with Gasteiger partial charge in [-0.25, -0.2) is 4.39 Å². The van der Waals surface area contributed by atoms with Crippen molar-refractivity contribution in [2.75, 3.05) is 5.32 Å². The van der Waals surface area contributed by atoms with E-state index in [1.54, 1.807) is 18.2 Å². The molecule has 2 rings (SSSR count). The van der Waals surface area contributed by atoms with Gasteiger partial charge in [0.15, 0.2) is 0 Å². The summed E-state index contributed by atoms with van der Waals surface area (Å²) in [5.74, 6) is -0.234. The van der Waals surface area contributed by atoms with Crippen LogP contribution >= 0.6 is 28.1 Å². The Labute approximate surface area is 124 Å². The standard InChI is InChI=1S/C14H12BrFN2S/c15-10-5-6-11(14(17)19)13(7-10)18-8-9-3-1-2-4-12(9)16/h1-7,18H,8H2,(H2,17,19). The van der Waals surface area contributed by atoms with Gasteiger partial charge in [-0.1, -0.05) is 46.3 Å². The highest BCUT2D eigenvalue weighted by Gasteiger charge is 2.07. The first kappa shape index (κ1) is 14.0. The summed E-state index contributed by atoms with van der Waals surface area (Å²) < 4.78 is 14.4. The van der Waals surface area contributed by atoms with E-state index in [0.29, 0.717) is 17.1 Å². The molecule has 0 radical (unpaired) electrons. The minimum Gasteiger partial charge on any atom is -0.389 e. The highest BCUT2D eigenvalue weighted by atomic mass is 79.9. The quantitative estimate of drug-likeness (QED) is 0.832. The van der Waals surface area contributed by atoms with Crippen molar-refractivity contribution in [2.24, 2.45) is 5.73 Å². The fourth-order valence-corrected chi connectivity index (χ4v) is 2.25. The lowest BCUT2D eigenvalue weighted by molar-refractivity contribution is 0.613. The second-order valence-electron chi connectivity index (χ2n) is 4.00. The van der Waals surface area contributed by atoms with E-state index in [1.807, 2.05) is 18.2 Å². The fraction of sp³-hybridized carbons (Fsp3) is 0.0714. The number of nitrogens with one attached hydrogen (secondary N) is 1. The molecule has 0 bridgehead atoms. The van der Waals surface area contributed by atoms with E-state index >= 15 is 0 Å². The van der Waals surface area contributed by atoms with Crippen molar-refractivity contribution in [3.8, 4) is 0 Å². The summed E-state index contributed by atoms with van der Waals surface area (Å²) >= 11 is 8.39. The first-order valence-electron chi connectivity index (χ1n) is 5.64. The molecule has 19 heavy (non-hydrogen) atoms.